The number of nitrogens with zero attached hydrogens (tertiary/aromatic N) is 3. The third-order valence-corrected chi connectivity index (χ3v) is 2.36. The van der Waals surface area contributed by atoms with Crippen LogP contribution >= 0.6 is 15.9 Å². The minimum atomic E-state index is 0.233. The molecule has 0 atom stereocenters. The SMILES string of the molecule is Nc1n[nH]c(N)c1N=Nc1cccc(Br)c1. The van der Waals surface area contributed by atoms with E-state index in [4.69, 9.17) is 11.5 Å². The van der Waals surface area contributed by atoms with Crippen LogP contribution < -0.4 is 11.5 Å². The van der Waals surface area contributed by atoms with Crippen LogP contribution in [0.1, 0.15) is 0 Å². The quantitative estimate of drug-likeness (QED) is 0.737. The molecule has 0 unspecified atom stereocenters. The van der Waals surface area contributed by atoms with Gasteiger partial charge in [0.05, 0.1) is 5.69 Å². The first-order valence-corrected chi connectivity index (χ1v) is 5.23. The molecule has 6 nitrogen and oxygen atoms in total. The van der Waals surface area contributed by atoms with Crippen LogP contribution in [-0.2, 0) is 0 Å². The van der Waals surface area contributed by atoms with Crippen molar-refractivity contribution < 1.29 is 0 Å². The van der Waals surface area contributed by atoms with Gasteiger partial charge in [-0.3, -0.25) is 5.10 Å². The van der Waals surface area contributed by atoms with Gasteiger partial charge in [-0.1, -0.05) is 22.0 Å². The zero-order chi connectivity index (χ0) is 11.5. The van der Waals surface area contributed by atoms with Crippen LogP contribution in [0.3, 0.4) is 0 Å². The van der Waals surface area contributed by atoms with Gasteiger partial charge in [0.2, 0.25) is 0 Å². The number of hydrogen-bond acceptors (Lipinski definition) is 5. The molecule has 7 heteroatoms. The zero-order valence-corrected chi connectivity index (χ0v) is 9.77. The third kappa shape index (κ3) is 2.19. The highest BCUT2D eigenvalue weighted by Gasteiger charge is 2.06. The Morgan fingerprint density at radius 1 is 1.25 bits per heavy atom. The number of nitrogens with two attached hydrogens (primary N) is 2. The topological polar surface area (TPSA) is 105 Å². The Labute approximate surface area is 99.9 Å². The molecule has 0 aliphatic carbocycles. The van der Waals surface area contributed by atoms with Crippen molar-refractivity contribution in [1.82, 2.24) is 10.2 Å². The number of aromatic nitrogens is 2. The number of nitrogens with one attached hydrogen (secondary N) is 1. The second-order valence-corrected chi connectivity index (χ2v) is 3.97. The molecule has 0 aliphatic heterocycles. The minimum absolute atomic E-state index is 0.233. The maximum absolute atomic E-state index is 5.57. The van der Waals surface area contributed by atoms with Crippen molar-refractivity contribution in [3.63, 3.8) is 0 Å². The minimum Gasteiger partial charge on any atom is -0.382 e. The van der Waals surface area contributed by atoms with E-state index in [-0.39, 0.29) is 5.82 Å². The van der Waals surface area contributed by atoms with Crippen molar-refractivity contribution >= 4 is 38.9 Å². The summed E-state index contributed by atoms with van der Waals surface area (Å²) in [5.41, 5.74) is 12.2. The molecule has 16 heavy (non-hydrogen) atoms. The molecule has 0 saturated heterocycles. The Morgan fingerprint density at radius 3 is 2.69 bits per heavy atom. The van der Waals surface area contributed by atoms with Gasteiger partial charge in [-0.25, -0.2) is 0 Å². The van der Waals surface area contributed by atoms with Crippen molar-refractivity contribution in [2.24, 2.45) is 10.2 Å². The van der Waals surface area contributed by atoms with Crippen LogP contribution in [0.4, 0.5) is 23.0 Å². The molecule has 0 radical (unpaired) electrons. The summed E-state index contributed by atoms with van der Waals surface area (Å²) in [7, 11) is 0. The van der Waals surface area contributed by atoms with Crippen molar-refractivity contribution in [2.45, 2.75) is 0 Å². The standard InChI is InChI=1S/C9H9BrN6/c10-5-2-1-3-6(4-5)13-14-7-8(11)15-16-9(7)12/h1-4H,(H5,11,12,15,16). The average Bonchev–Trinajstić information content (AvgIpc) is 2.56. The molecule has 1 heterocycles. The molecule has 82 valence electrons. The van der Waals surface area contributed by atoms with Gasteiger partial charge in [-0.05, 0) is 18.2 Å². The smallest absolute Gasteiger partial charge is 0.175 e. The van der Waals surface area contributed by atoms with E-state index >= 15 is 0 Å². The lowest BCUT2D eigenvalue weighted by Crippen LogP contribution is -1.84. The number of hydrogen-bond donors (Lipinski definition) is 3. The van der Waals surface area contributed by atoms with E-state index in [0.29, 0.717) is 17.2 Å². The fourth-order valence-electron chi connectivity index (χ4n) is 1.12. The second kappa shape index (κ2) is 4.31. The van der Waals surface area contributed by atoms with Crippen LogP contribution in [-0.4, -0.2) is 10.2 Å². The Balaban J connectivity index is 2.28. The van der Waals surface area contributed by atoms with Gasteiger partial charge in [0, 0.05) is 4.47 Å². The number of halogens is 1. The molecule has 0 amide bonds. The van der Waals surface area contributed by atoms with Gasteiger partial charge >= 0.3 is 0 Å². The summed E-state index contributed by atoms with van der Waals surface area (Å²) >= 11 is 3.34. The zero-order valence-electron chi connectivity index (χ0n) is 8.18. The van der Waals surface area contributed by atoms with E-state index in [0.717, 1.165) is 4.47 Å². The summed E-state index contributed by atoms with van der Waals surface area (Å²) in [4.78, 5) is 0. The molecular weight excluding hydrogens is 272 g/mol. The number of azo groups is 1. The van der Waals surface area contributed by atoms with E-state index in [1.807, 2.05) is 24.3 Å². The number of nitrogen functional groups attached to an aromatic ring is 2. The molecule has 0 aliphatic rings. The van der Waals surface area contributed by atoms with E-state index < -0.39 is 0 Å². The van der Waals surface area contributed by atoms with Crippen LogP contribution in [0.2, 0.25) is 0 Å². The normalized spacial score (nSPS) is 11.1. The van der Waals surface area contributed by atoms with Crippen LogP contribution in [0.5, 0.6) is 0 Å². The molecule has 2 rings (SSSR count). The first-order valence-electron chi connectivity index (χ1n) is 4.43. The Kier molecular flexibility index (Phi) is 2.86. The van der Waals surface area contributed by atoms with Gasteiger partial charge in [0.1, 0.15) is 5.82 Å². The van der Waals surface area contributed by atoms with Crippen LogP contribution in [0.25, 0.3) is 0 Å². The Hall–Kier alpha value is -1.89. The molecule has 0 bridgehead atoms. The van der Waals surface area contributed by atoms with Crippen LogP contribution in [0, 0.1) is 0 Å². The molecule has 1 aromatic heterocycles. The Morgan fingerprint density at radius 2 is 2.06 bits per heavy atom. The Bertz CT molecular complexity index is 513. The van der Waals surface area contributed by atoms with Gasteiger partial charge < -0.3 is 11.5 Å². The van der Waals surface area contributed by atoms with Crippen molar-refractivity contribution in [1.29, 1.82) is 0 Å². The van der Waals surface area contributed by atoms with Crippen LogP contribution in [0.15, 0.2) is 39.0 Å². The summed E-state index contributed by atoms with van der Waals surface area (Å²) in [6, 6.07) is 7.41. The predicted molar refractivity (Wildman–Crippen MR) is 65.7 cm³/mol. The number of aromatic amines is 1. The maximum Gasteiger partial charge on any atom is 0.175 e. The monoisotopic (exact) mass is 280 g/mol. The van der Waals surface area contributed by atoms with Gasteiger partial charge in [-0.2, -0.15) is 10.2 Å². The predicted octanol–water partition coefficient (Wildman–Crippen LogP) is 2.75. The van der Waals surface area contributed by atoms with Crippen molar-refractivity contribution in [3.8, 4) is 0 Å². The highest BCUT2D eigenvalue weighted by molar-refractivity contribution is 9.10. The lowest BCUT2D eigenvalue weighted by atomic mass is 10.3. The molecule has 0 spiro atoms. The summed E-state index contributed by atoms with van der Waals surface area (Å²) < 4.78 is 0.928. The molecular formula is C9H9BrN6. The fraction of sp³-hybridized carbons (Fsp3) is 0. The van der Waals surface area contributed by atoms with Crippen molar-refractivity contribution in [2.75, 3.05) is 11.5 Å². The summed E-state index contributed by atoms with van der Waals surface area (Å²) in [6.45, 7) is 0. The van der Waals surface area contributed by atoms with E-state index in [1.165, 1.54) is 0 Å². The molecule has 1 aromatic carbocycles. The number of anilines is 2. The highest BCUT2D eigenvalue weighted by atomic mass is 79.9. The van der Waals surface area contributed by atoms with Gasteiger partial charge in [0.15, 0.2) is 11.5 Å². The summed E-state index contributed by atoms with van der Waals surface area (Å²) in [5.74, 6) is 0.535. The fourth-order valence-corrected chi connectivity index (χ4v) is 1.50. The number of benzene rings is 1. The highest BCUT2D eigenvalue weighted by Crippen LogP contribution is 2.28. The first-order chi connectivity index (χ1) is 7.66. The van der Waals surface area contributed by atoms with E-state index in [2.05, 4.69) is 36.4 Å². The van der Waals surface area contributed by atoms with Gasteiger partial charge in [-0.15, -0.1) is 5.11 Å². The lowest BCUT2D eigenvalue weighted by Gasteiger charge is -1.93. The lowest BCUT2D eigenvalue weighted by molar-refractivity contribution is 1.11. The number of H-pyrrole nitrogens is 1. The number of rotatable bonds is 2. The maximum atomic E-state index is 5.57. The largest absolute Gasteiger partial charge is 0.382 e. The van der Waals surface area contributed by atoms with E-state index in [1.54, 1.807) is 0 Å². The molecule has 5 N–H and O–H groups in total. The summed E-state index contributed by atoms with van der Waals surface area (Å²) in [6.07, 6.45) is 0. The third-order valence-electron chi connectivity index (χ3n) is 1.87. The average molecular weight is 281 g/mol. The molecule has 0 saturated carbocycles. The summed E-state index contributed by atoms with van der Waals surface area (Å²) in [5, 5.41) is 14.2. The second-order valence-electron chi connectivity index (χ2n) is 3.05. The first kappa shape index (κ1) is 10.6. The molecule has 2 aromatic rings. The van der Waals surface area contributed by atoms with Gasteiger partial charge in [0.25, 0.3) is 0 Å². The molecule has 0 fully saturated rings. The van der Waals surface area contributed by atoms with Crippen molar-refractivity contribution in [3.05, 3.63) is 28.7 Å². The van der Waals surface area contributed by atoms with E-state index in [9.17, 15) is 0 Å².